The molecule has 7 nitrogen and oxygen atoms in total. The molecule has 1 aliphatic rings. The van der Waals surface area contributed by atoms with Crippen LogP contribution in [0.3, 0.4) is 0 Å². The Kier molecular flexibility index (Phi) is 6.73. The van der Waals surface area contributed by atoms with Crippen LogP contribution in [0.25, 0.3) is 16.8 Å². The summed E-state index contributed by atoms with van der Waals surface area (Å²) < 4.78 is 12.1. The van der Waals surface area contributed by atoms with Crippen LogP contribution in [0.5, 0.6) is 11.5 Å². The smallest absolute Gasteiger partial charge is 0.328 e. The highest BCUT2D eigenvalue weighted by atomic mass is 16.5. The van der Waals surface area contributed by atoms with Crippen molar-refractivity contribution < 1.29 is 23.9 Å². The molecule has 1 saturated heterocycles. The van der Waals surface area contributed by atoms with Crippen LogP contribution in [-0.2, 0) is 22.6 Å². The van der Waals surface area contributed by atoms with Gasteiger partial charge in [-0.15, -0.1) is 6.58 Å². The molecule has 34 heavy (non-hydrogen) atoms. The first-order valence-corrected chi connectivity index (χ1v) is 10.9. The monoisotopic (exact) mass is 456 g/mol. The van der Waals surface area contributed by atoms with Gasteiger partial charge in [-0.1, -0.05) is 48.5 Å². The van der Waals surface area contributed by atoms with E-state index in [-0.39, 0.29) is 5.57 Å². The number of benzene rings is 3. The highest BCUT2D eigenvalue weighted by Gasteiger charge is 2.28. The molecule has 0 saturated carbocycles. The SMILES string of the molecule is C=CCc1cc(C=C2C(=O)NC(=O)NC2=O)cc(OCC)c1OCc1cccc2ccccc12. The summed E-state index contributed by atoms with van der Waals surface area (Å²) in [6.07, 6.45) is 3.64. The van der Waals surface area contributed by atoms with Crippen LogP contribution in [0.1, 0.15) is 23.6 Å². The van der Waals surface area contributed by atoms with Crippen LogP contribution >= 0.6 is 0 Å². The Balaban J connectivity index is 1.71. The highest BCUT2D eigenvalue weighted by Crippen LogP contribution is 2.36. The number of fused-ring (bicyclic) bond motifs is 1. The summed E-state index contributed by atoms with van der Waals surface area (Å²) in [6, 6.07) is 16.9. The lowest BCUT2D eigenvalue weighted by Gasteiger charge is -2.18. The van der Waals surface area contributed by atoms with E-state index in [1.807, 2.05) is 37.3 Å². The van der Waals surface area contributed by atoms with Crippen molar-refractivity contribution in [3.05, 3.63) is 89.5 Å². The lowest BCUT2D eigenvalue weighted by molar-refractivity contribution is -0.123. The van der Waals surface area contributed by atoms with Crippen LogP contribution in [0.2, 0.25) is 0 Å². The van der Waals surface area contributed by atoms with E-state index in [1.165, 1.54) is 6.08 Å². The zero-order valence-electron chi connectivity index (χ0n) is 18.7. The van der Waals surface area contributed by atoms with Gasteiger partial charge in [0.05, 0.1) is 6.61 Å². The molecule has 1 aliphatic heterocycles. The van der Waals surface area contributed by atoms with Crippen molar-refractivity contribution in [1.29, 1.82) is 0 Å². The molecule has 3 aromatic carbocycles. The number of nitrogens with one attached hydrogen (secondary N) is 2. The fourth-order valence-electron chi connectivity index (χ4n) is 3.84. The van der Waals surface area contributed by atoms with Crippen LogP contribution in [0.4, 0.5) is 4.79 Å². The number of rotatable bonds is 8. The number of hydrogen-bond donors (Lipinski definition) is 2. The first-order valence-electron chi connectivity index (χ1n) is 10.9. The number of amides is 4. The van der Waals surface area contributed by atoms with Crippen molar-refractivity contribution in [2.24, 2.45) is 0 Å². The summed E-state index contributed by atoms with van der Waals surface area (Å²) in [6.45, 7) is 6.42. The second-order valence-corrected chi connectivity index (χ2v) is 7.66. The summed E-state index contributed by atoms with van der Waals surface area (Å²) >= 11 is 0. The number of hydrogen-bond acceptors (Lipinski definition) is 5. The zero-order chi connectivity index (χ0) is 24.1. The minimum absolute atomic E-state index is 0.170. The van der Waals surface area contributed by atoms with E-state index < -0.39 is 17.8 Å². The van der Waals surface area contributed by atoms with E-state index in [4.69, 9.17) is 9.47 Å². The predicted octanol–water partition coefficient (Wildman–Crippen LogP) is 4.30. The number of imide groups is 2. The van der Waals surface area contributed by atoms with Crippen molar-refractivity contribution in [2.75, 3.05) is 6.61 Å². The molecule has 4 amide bonds. The molecule has 0 bridgehead atoms. The largest absolute Gasteiger partial charge is 0.490 e. The Morgan fingerprint density at radius 2 is 1.65 bits per heavy atom. The number of allylic oxidation sites excluding steroid dienone is 1. The van der Waals surface area contributed by atoms with Gasteiger partial charge in [-0.3, -0.25) is 20.2 Å². The van der Waals surface area contributed by atoms with Crippen LogP contribution < -0.4 is 20.1 Å². The van der Waals surface area contributed by atoms with Gasteiger partial charge in [-0.2, -0.15) is 0 Å². The Morgan fingerprint density at radius 1 is 0.912 bits per heavy atom. The second-order valence-electron chi connectivity index (χ2n) is 7.66. The molecule has 1 heterocycles. The minimum atomic E-state index is -0.841. The second kappa shape index (κ2) is 10.0. The summed E-state index contributed by atoms with van der Waals surface area (Å²) in [4.78, 5) is 35.6. The predicted molar refractivity (Wildman–Crippen MR) is 129 cm³/mol. The summed E-state index contributed by atoms with van der Waals surface area (Å²) in [5.74, 6) is -0.451. The lowest BCUT2D eigenvalue weighted by atomic mass is 10.0. The quantitative estimate of drug-likeness (QED) is 0.300. The van der Waals surface area contributed by atoms with Gasteiger partial charge in [-0.05, 0) is 53.5 Å². The molecule has 0 unspecified atom stereocenters. The number of carbonyl (C=O) groups excluding carboxylic acids is 3. The summed E-state index contributed by atoms with van der Waals surface area (Å²) in [5, 5.41) is 6.39. The third-order valence-electron chi connectivity index (χ3n) is 5.32. The molecular weight excluding hydrogens is 432 g/mol. The first kappa shape index (κ1) is 22.8. The molecule has 4 rings (SSSR count). The van der Waals surface area contributed by atoms with Gasteiger partial charge in [0.25, 0.3) is 11.8 Å². The van der Waals surface area contributed by atoms with Crippen molar-refractivity contribution in [2.45, 2.75) is 20.0 Å². The number of carbonyl (C=O) groups is 3. The van der Waals surface area contributed by atoms with Crippen molar-refractivity contribution in [3.63, 3.8) is 0 Å². The van der Waals surface area contributed by atoms with Gasteiger partial charge in [-0.25, -0.2) is 4.79 Å². The summed E-state index contributed by atoms with van der Waals surface area (Å²) in [7, 11) is 0. The van der Waals surface area contributed by atoms with E-state index >= 15 is 0 Å². The third kappa shape index (κ3) is 4.83. The van der Waals surface area contributed by atoms with Crippen LogP contribution in [-0.4, -0.2) is 24.5 Å². The van der Waals surface area contributed by atoms with Crippen molar-refractivity contribution in [3.8, 4) is 11.5 Å². The third-order valence-corrected chi connectivity index (χ3v) is 5.32. The maximum absolute atomic E-state index is 12.1. The van der Waals surface area contributed by atoms with E-state index in [1.54, 1.807) is 12.1 Å². The molecule has 7 heteroatoms. The minimum Gasteiger partial charge on any atom is -0.490 e. The molecular formula is C27H24N2O5. The number of urea groups is 1. The van der Waals surface area contributed by atoms with E-state index in [2.05, 4.69) is 35.4 Å². The molecule has 0 atom stereocenters. The lowest BCUT2D eigenvalue weighted by Crippen LogP contribution is -2.51. The Hall–Kier alpha value is -4.39. The van der Waals surface area contributed by atoms with Crippen molar-refractivity contribution in [1.82, 2.24) is 10.6 Å². The molecule has 0 aromatic heterocycles. The molecule has 1 fully saturated rings. The fourth-order valence-corrected chi connectivity index (χ4v) is 3.84. The molecule has 3 aromatic rings. The molecule has 0 radical (unpaired) electrons. The van der Waals surface area contributed by atoms with E-state index in [0.29, 0.717) is 36.7 Å². The number of barbiturate groups is 1. The maximum Gasteiger partial charge on any atom is 0.328 e. The Bertz CT molecular complexity index is 1300. The van der Waals surface area contributed by atoms with Gasteiger partial charge < -0.3 is 9.47 Å². The topological polar surface area (TPSA) is 93.7 Å². The standard InChI is InChI=1S/C27H24N2O5/c1-3-8-19-13-17(14-22-25(30)28-27(32)29-26(22)31)15-23(33-4-2)24(19)34-16-20-11-7-10-18-9-5-6-12-21(18)20/h3,5-7,9-15H,1,4,8,16H2,2H3,(H2,28,29,30,31,32). The summed E-state index contributed by atoms with van der Waals surface area (Å²) in [5.41, 5.74) is 2.22. The fraction of sp³-hybridized carbons (Fsp3) is 0.148. The highest BCUT2D eigenvalue weighted by molar-refractivity contribution is 6.31. The first-order chi connectivity index (χ1) is 16.5. The zero-order valence-corrected chi connectivity index (χ0v) is 18.7. The van der Waals surface area contributed by atoms with E-state index in [9.17, 15) is 14.4 Å². The normalized spacial score (nSPS) is 13.3. The molecule has 172 valence electrons. The van der Waals surface area contributed by atoms with Gasteiger partial charge >= 0.3 is 6.03 Å². The van der Waals surface area contributed by atoms with Crippen LogP contribution in [0, 0.1) is 0 Å². The van der Waals surface area contributed by atoms with E-state index in [0.717, 1.165) is 21.9 Å². The molecule has 2 N–H and O–H groups in total. The van der Waals surface area contributed by atoms with Crippen LogP contribution in [0.15, 0.2) is 72.8 Å². The average Bonchev–Trinajstić information content (AvgIpc) is 2.81. The van der Waals surface area contributed by atoms with Gasteiger partial charge in [0, 0.05) is 5.56 Å². The van der Waals surface area contributed by atoms with Crippen molar-refractivity contribution >= 4 is 34.7 Å². The van der Waals surface area contributed by atoms with Gasteiger partial charge in [0.1, 0.15) is 12.2 Å². The molecule has 0 aliphatic carbocycles. The van der Waals surface area contributed by atoms with Gasteiger partial charge in [0.2, 0.25) is 0 Å². The van der Waals surface area contributed by atoms with Gasteiger partial charge in [0.15, 0.2) is 11.5 Å². The Morgan fingerprint density at radius 3 is 2.38 bits per heavy atom. The maximum atomic E-state index is 12.1. The number of ether oxygens (including phenoxy) is 2. The Labute approximate surface area is 197 Å². The molecule has 0 spiro atoms. The average molecular weight is 456 g/mol.